The Morgan fingerprint density at radius 2 is 2.00 bits per heavy atom. The third-order valence-corrected chi connectivity index (χ3v) is 7.39. The molecule has 2 heterocycles. The van der Waals surface area contributed by atoms with Gasteiger partial charge in [0.2, 0.25) is 5.91 Å². The number of anilines is 1. The first-order valence-corrected chi connectivity index (χ1v) is 12.6. The van der Waals surface area contributed by atoms with Gasteiger partial charge in [0.1, 0.15) is 4.32 Å². The standard InChI is InChI=1S/C23H18BrN3O2S3/c24-17-8-4-7-16(11-17)13-19-21(29)27(23(30)32-19)10-9-20(28)26-22-25-14-18(31-22)12-15-5-2-1-3-6-15/h1-8,11,13-14H,9-10,12H2,(H,25,26,28)/b19-13-. The van der Waals surface area contributed by atoms with E-state index in [0.29, 0.717) is 14.4 Å². The summed E-state index contributed by atoms with van der Waals surface area (Å²) in [5.74, 6) is -0.372. The first-order valence-electron chi connectivity index (χ1n) is 9.77. The van der Waals surface area contributed by atoms with E-state index in [1.165, 1.54) is 33.6 Å². The van der Waals surface area contributed by atoms with E-state index in [2.05, 4.69) is 38.4 Å². The number of nitrogens with zero attached hydrogens (tertiary/aromatic N) is 2. The average molecular weight is 545 g/mol. The van der Waals surface area contributed by atoms with Crippen LogP contribution in [-0.2, 0) is 16.0 Å². The highest BCUT2D eigenvalue weighted by Crippen LogP contribution is 2.33. The number of hydrogen-bond donors (Lipinski definition) is 1. The Kier molecular flexibility index (Phi) is 7.51. The molecule has 1 aromatic heterocycles. The van der Waals surface area contributed by atoms with E-state index in [1.54, 1.807) is 6.20 Å². The molecular formula is C23H18BrN3O2S3. The largest absolute Gasteiger partial charge is 0.302 e. The van der Waals surface area contributed by atoms with Gasteiger partial charge >= 0.3 is 0 Å². The van der Waals surface area contributed by atoms with Crippen LogP contribution >= 0.6 is 51.2 Å². The van der Waals surface area contributed by atoms with Gasteiger partial charge in [-0.25, -0.2) is 4.98 Å². The van der Waals surface area contributed by atoms with E-state index in [0.717, 1.165) is 21.3 Å². The molecule has 3 aromatic rings. The van der Waals surface area contributed by atoms with Gasteiger partial charge in [-0.3, -0.25) is 14.5 Å². The number of nitrogens with one attached hydrogen (secondary N) is 1. The van der Waals surface area contributed by atoms with Gasteiger partial charge in [0.15, 0.2) is 5.13 Å². The highest BCUT2D eigenvalue weighted by Gasteiger charge is 2.32. The zero-order chi connectivity index (χ0) is 22.5. The zero-order valence-electron chi connectivity index (χ0n) is 16.8. The third kappa shape index (κ3) is 5.92. The molecule has 2 amide bonds. The van der Waals surface area contributed by atoms with Crippen LogP contribution in [0.5, 0.6) is 0 Å². The van der Waals surface area contributed by atoms with Crippen LogP contribution in [0.3, 0.4) is 0 Å². The molecule has 1 N–H and O–H groups in total. The lowest BCUT2D eigenvalue weighted by Gasteiger charge is -2.13. The fraction of sp³-hybridized carbons (Fsp3) is 0.130. The number of thiazole rings is 1. The van der Waals surface area contributed by atoms with Crippen LogP contribution in [0.25, 0.3) is 6.08 Å². The fourth-order valence-corrected chi connectivity index (χ4v) is 5.67. The smallest absolute Gasteiger partial charge is 0.266 e. The van der Waals surface area contributed by atoms with Gasteiger partial charge in [0.05, 0.1) is 4.91 Å². The molecule has 0 bridgehead atoms. The average Bonchev–Trinajstić information content (AvgIpc) is 3.31. The molecule has 2 aromatic carbocycles. The molecule has 1 fully saturated rings. The zero-order valence-corrected chi connectivity index (χ0v) is 20.8. The predicted molar refractivity (Wildman–Crippen MR) is 139 cm³/mol. The minimum atomic E-state index is -0.198. The van der Waals surface area contributed by atoms with Gasteiger partial charge in [-0.2, -0.15) is 0 Å². The minimum Gasteiger partial charge on any atom is -0.302 e. The number of amides is 2. The van der Waals surface area contributed by atoms with Crippen molar-refractivity contribution in [3.8, 4) is 0 Å². The van der Waals surface area contributed by atoms with Crippen molar-refractivity contribution in [1.82, 2.24) is 9.88 Å². The molecule has 0 aliphatic carbocycles. The van der Waals surface area contributed by atoms with Crippen molar-refractivity contribution in [2.45, 2.75) is 12.8 Å². The number of benzene rings is 2. The lowest BCUT2D eigenvalue weighted by atomic mass is 10.1. The van der Waals surface area contributed by atoms with E-state index in [4.69, 9.17) is 12.2 Å². The molecule has 1 saturated heterocycles. The normalized spacial score (nSPS) is 14.9. The van der Waals surface area contributed by atoms with Crippen LogP contribution in [0.2, 0.25) is 0 Å². The summed E-state index contributed by atoms with van der Waals surface area (Å²) < 4.78 is 1.40. The molecule has 5 nitrogen and oxygen atoms in total. The van der Waals surface area contributed by atoms with Crippen molar-refractivity contribution < 1.29 is 9.59 Å². The second-order valence-corrected chi connectivity index (χ2v) is 10.7. The van der Waals surface area contributed by atoms with Gasteiger partial charge < -0.3 is 5.32 Å². The topological polar surface area (TPSA) is 62.3 Å². The van der Waals surface area contributed by atoms with Crippen LogP contribution in [0.15, 0.2) is 70.2 Å². The maximum atomic E-state index is 12.7. The molecule has 0 atom stereocenters. The van der Waals surface area contributed by atoms with E-state index < -0.39 is 0 Å². The van der Waals surface area contributed by atoms with Gasteiger partial charge in [0.25, 0.3) is 5.91 Å². The lowest BCUT2D eigenvalue weighted by Crippen LogP contribution is -2.31. The van der Waals surface area contributed by atoms with E-state index in [9.17, 15) is 9.59 Å². The summed E-state index contributed by atoms with van der Waals surface area (Å²) in [6.07, 6.45) is 4.51. The Labute approximate surface area is 208 Å². The Balaban J connectivity index is 1.31. The quantitative estimate of drug-likeness (QED) is 0.304. The molecule has 0 spiro atoms. The highest BCUT2D eigenvalue weighted by molar-refractivity contribution is 9.10. The summed E-state index contributed by atoms with van der Waals surface area (Å²) in [5.41, 5.74) is 2.10. The predicted octanol–water partition coefficient (Wildman–Crippen LogP) is 5.73. The Morgan fingerprint density at radius 1 is 1.19 bits per heavy atom. The number of thioether (sulfide) groups is 1. The maximum absolute atomic E-state index is 12.7. The Hall–Kier alpha value is -2.33. The second kappa shape index (κ2) is 10.5. The molecule has 0 saturated carbocycles. The Bertz CT molecular complexity index is 1190. The highest BCUT2D eigenvalue weighted by atomic mass is 79.9. The minimum absolute atomic E-state index is 0.143. The van der Waals surface area contributed by atoms with Crippen molar-refractivity contribution in [1.29, 1.82) is 0 Å². The molecule has 1 aliphatic heterocycles. The summed E-state index contributed by atoms with van der Waals surface area (Å²) in [4.78, 5) is 32.6. The van der Waals surface area contributed by atoms with Gasteiger partial charge in [-0.1, -0.05) is 82.4 Å². The van der Waals surface area contributed by atoms with Crippen LogP contribution in [0.4, 0.5) is 5.13 Å². The molecular weight excluding hydrogens is 526 g/mol. The van der Waals surface area contributed by atoms with Crippen molar-refractivity contribution in [3.05, 3.63) is 86.2 Å². The molecule has 0 radical (unpaired) electrons. The number of carbonyl (C=O) groups excluding carboxylic acids is 2. The van der Waals surface area contributed by atoms with Gasteiger partial charge in [-0.15, -0.1) is 11.3 Å². The number of rotatable bonds is 7. The van der Waals surface area contributed by atoms with Crippen molar-refractivity contribution in [2.75, 3.05) is 11.9 Å². The number of halogens is 1. The molecule has 9 heteroatoms. The first-order chi connectivity index (χ1) is 15.5. The summed E-state index contributed by atoms with van der Waals surface area (Å²) in [6.45, 7) is 0.231. The van der Waals surface area contributed by atoms with Crippen molar-refractivity contribution in [3.63, 3.8) is 0 Å². The third-order valence-electron chi connectivity index (χ3n) is 4.60. The van der Waals surface area contributed by atoms with Crippen molar-refractivity contribution in [2.24, 2.45) is 0 Å². The van der Waals surface area contributed by atoms with Crippen LogP contribution in [-0.4, -0.2) is 32.6 Å². The van der Waals surface area contributed by atoms with Crippen LogP contribution in [0.1, 0.15) is 22.4 Å². The molecule has 162 valence electrons. The van der Waals surface area contributed by atoms with Crippen LogP contribution in [0, 0.1) is 0 Å². The molecule has 0 unspecified atom stereocenters. The summed E-state index contributed by atoms with van der Waals surface area (Å²) in [6, 6.07) is 17.8. The summed E-state index contributed by atoms with van der Waals surface area (Å²) in [7, 11) is 0. The molecule has 4 rings (SSSR count). The van der Waals surface area contributed by atoms with Crippen molar-refractivity contribution >= 4 is 78.6 Å². The number of hydrogen-bond acceptors (Lipinski definition) is 6. The molecule has 32 heavy (non-hydrogen) atoms. The van der Waals surface area contributed by atoms with Gasteiger partial charge in [0, 0.05) is 34.9 Å². The summed E-state index contributed by atoms with van der Waals surface area (Å²) >= 11 is 11.5. The van der Waals surface area contributed by atoms with Crippen LogP contribution < -0.4 is 5.32 Å². The fourth-order valence-electron chi connectivity index (χ4n) is 3.08. The molecule has 1 aliphatic rings. The maximum Gasteiger partial charge on any atom is 0.266 e. The first kappa shape index (κ1) is 22.8. The number of aromatic nitrogens is 1. The lowest BCUT2D eigenvalue weighted by molar-refractivity contribution is -0.122. The van der Waals surface area contributed by atoms with E-state index in [-0.39, 0.29) is 24.8 Å². The number of thiocarbonyl (C=S) groups is 1. The van der Waals surface area contributed by atoms with Gasteiger partial charge in [-0.05, 0) is 29.3 Å². The van der Waals surface area contributed by atoms with E-state index in [1.807, 2.05) is 48.5 Å². The monoisotopic (exact) mass is 543 g/mol. The second-order valence-electron chi connectivity index (χ2n) is 6.98. The van der Waals surface area contributed by atoms with E-state index >= 15 is 0 Å². The SMILES string of the molecule is O=C(CCN1C(=O)/C(=C/c2cccc(Br)c2)SC1=S)Nc1ncc(Cc2ccccc2)s1. The Morgan fingerprint density at radius 3 is 2.78 bits per heavy atom. The summed E-state index contributed by atoms with van der Waals surface area (Å²) in [5, 5.41) is 3.38. The number of carbonyl (C=O) groups is 2.